The molecule has 0 spiro atoms. The van der Waals surface area contributed by atoms with Crippen molar-refractivity contribution in [2.24, 2.45) is 0 Å². The summed E-state index contributed by atoms with van der Waals surface area (Å²) in [5, 5.41) is 10.3. The van der Waals surface area contributed by atoms with E-state index < -0.39 is 17.7 Å². The Morgan fingerprint density at radius 3 is 2.26 bits per heavy atom. The molecule has 4 heteroatoms. The number of carbonyl (C=O) groups excluding carboxylic acids is 2. The van der Waals surface area contributed by atoms with Gasteiger partial charge in [0.25, 0.3) is 5.91 Å². The number of rotatable bonds is 6. The van der Waals surface area contributed by atoms with E-state index in [9.17, 15) is 14.7 Å². The molecule has 0 bridgehead atoms. The van der Waals surface area contributed by atoms with Gasteiger partial charge in [-0.3, -0.25) is 9.59 Å². The number of aliphatic hydroxyl groups is 1. The maximum absolute atomic E-state index is 12.7. The summed E-state index contributed by atoms with van der Waals surface area (Å²) in [7, 11) is 0. The molecule has 1 heterocycles. The van der Waals surface area contributed by atoms with E-state index in [1.165, 1.54) is 12.5 Å². The zero-order valence-corrected chi connectivity index (χ0v) is 16.0. The average molecular weight is 363 g/mol. The molecule has 27 heavy (non-hydrogen) atoms. The summed E-state index contributed by atoms with van der Waals surface area (Å²) in [5.74, 6) is -0.779. The fourth-order valence-corrected chi connectivity index (χ4v) is 3.55. The van der Waals surface area contributed by atoms with Crippen molar-refractivity contribution in [1.82, 2.24) is 4.90 Å². The zero-order valence-electron chi connectivity index (χ0n) is 16.0. The van der Waals surface area contributed by atoms with Gasteiger partial charge in [-0.25, -0.2) is 0 Å². The van der Waals surface area contributed by atoms with Gasteiger partial charge in [-0.05, 0) is 36.0 Å². The van der Waals surface area contributed by atoms with Crippen molar-refractivity contribution in [1.29, 1.82) is 0 Å². The molecule has 0 radical (unpaired) electrons. The van der Waals surface area contributed by atoms with E-state index in [1.54, 1.807) is 4.90 Å². The summed E-state index contributed by atoms with van der Waals surface area (Å²) < 4.78 is 0. The highest BCUT2D eigenvalue weighted by molar-refractivity contribution is 6.08. The molecule has 0 unspecified atom stereocenters. The van der Waals surface area contributed by atoms with Gasteiger partial charge in [-0.15, -0.1) is 0 Å². The van der Waals surface area contributed by atoms with Gasteiger partial charge in [0.15, 0.2) is 11.5 Å². The molecule has 2 aromatic carbocycles. The Bertz CT molecular complexity index is 866. The van der Waals surface area contributed by atoms with Gasteiger partial charge in [-0.2, -0.15) is 0 Å². The van der Waals surface area contributed by atoms with E-state index >= 15 is 0 Å². The Morgan fingerprint density at radius 2 is 1.70 bits per heavy atom. The first-order valence-corrected chi connectivity index (χ1v) is 9.29. The Hall–Kier alpha value is -2.88. The Kier molecular flexibility index (Phi) is 5.45. The molecule has 140 valence electrons. The SMILES string of the molecule is CC(=O)C1=C(O)C(=O)N(CCc2ccccc2)[C@@H]1c1ccc(C(C)C)cc1. The summed E-state index contributed by atoms with van der Waals surface area (Å²) in [4.78, 5) is 26.5. The van der Waals surface area contributed by atoms with Crippen molar-refractivity contribution in [3.63, 3.8) is 0 Å². The third kappa shape index (κ3) is 3.80. The number of amides is 1. The molecule has 1 atom stereocenters. The van der Waals surface area contributed by atoms with Crippen LogP contribution in [0.1, 0.15) is 49.4 Å². The van der Waals surface area contributed by atoms with Gasteiger partial charge in [0.2, 0.25) is 0 Å². The molecule has 2 aromatic rings. The standard InChI is InChI=1S/C23H25NO3/c1-15(2)18-9-11-19(12-10-18)21-20(16(3)25)22(26)23(27)24(21)14-13-17-7-5-4-6-8-17/h4-12,15,21,26H,13-14H2,1-3H3/t21-/m1/s1. The number of carbonyl (C=O) groups is 2. The lowest BCUT2D eigenvalue weighted by atomic mass is 9.94. The molecule has 1 N–H and O–H groups in total. The highest BCUT2D eigenvalue weighted by Crippen LogP contribution is 2.38. The topological polar surface area (TPSA) is 57.6 Å². The van der Waals surface area contributed by atoms with E-state index in [1.807, 2.05) is 54.6 Å². The second kappa shape index (κ2) is 7.78. The molecule has 4 nitrogen and oxygen atoms in total. The second-order valence-electron chi connectivity index (χ2n) is 7.28. The van der Waals surface area contributed by atoms with Crippen molar-refractivity contribution in [2.45, 2.75) is 39.2 Å². The maximum atomic E-state index is 12.7. The predicted octanol–water partition coefficient (Wildman–Crippen LogP) is 4.34. The lowest BCUT2D eigenvalue weighted by Gasteiger charge is -2.27. The third-order valence-electron chi connectivity index (χ3n) is 5.09. The molecule has 1 aliphatic heterocycles. The van der Waals surface area contributed by atoms with E-state index in [4.69, 9.17) is 0 Å². The fourth-order valence-electron chi connectivity index (χ4n) is 3.55. The minimum atomic E-state index is -0.542. The summed E-state index contributed by atoms with van der Waals surface area (Å²) in [5.41, 5.74) is 3.33. The van der Waals surface area contributed by atoms with Crippen LogP contribution >= 0.6 is 0 Å². The molecule has 3 rings (SSSR count). The van der Waals surface area contributed by atoms with Crippen LogP contribution in [-0.2, 0) is 16.0 Å². The van der Waals surface area contributed by atoms with Crippen LogP contribution in [0, 0.1) is 0 Å². The normalized spacial score (nSPS) is 17.1. The molecule has 0 saturated carbocycles. The van der Waals surface area contributed by atoms with Crippen LogP contribution in [0.3, 0.4) is 0 Å². The number of Topliss-reactive ketones (excluding diaryl/α,β-unsaturated/α-hetero) is 1. The van der Waals surface area contributed by atoms with E-state index in [2.05, 4.69) is 13.8 Å². The maximum Gasteiger partial charge on any atom is 0.290 e. The minimum Gasteiger partial charge on any atom is -0.503 e. The minimum absolute atomic E-state index is 0.186. The number of ketones is 1. The summed E-state index contributed by atoms with van der Waals surface area (Å²) >= 11 is 0. The van der Waals surface area contributed by atoms with Crippen LogP contribution in [0.15, 0.2) is 65.9 Å². The van der Waals surface area contributed by atoms with Crippen LogP contribution in [0.25, 0.3) is 0 Å². The van der Waals surface area contributed by atoms with E-state index in [0.29, 0.717) is 18.9 Å². The largest absolute Gasteiger partial charge is 0.503 e. The van der Waals surface area contributed by atoms with Crippen LogP contribution in [0.2, 0.25) is 0 Å². The van der Waals surface area contributed by atoms with Gasteiger partial charge in [0.1, 0.15) is 0 Å². The van der Waals surface area contributed by atoms with Crippen molar-refractivity contribution in [3.05, 3.63) is 82.6 Å². The molecular formula is C23H25NO3. The first-order chi connectivity index (χ1) is 12.9. The van der Waals surface area contributed by atoms with Crippen LogP contribution in [0.5, 0.6) is 0 Å². The van der Waals surface area contributed by atoms with Gasteiger partial charge in [0.05, 0.1) is 11.6 Å². The highest BCUT2D eigenvalue weighted by Gasteiger charge is 2.41. The first kappa shape index (κ1) is 18.9. The van der Waals surface area contributed by atoms with Gasteiger partial charge >= 0.3 is 0 Å². The van der Waals surface area contributed by atoms with Gasteiger partial charge in [-0.1, -0.05) is 68.4 Å². The smallest absolute Gasteiger partial charge is 0.290 e. The van der Waals surface area contributed by atoms with Crippen LogP contribution in [-0.4, -0.2) is 28.2 Å². The summed E-state index contributed by atoms with van der Waals surface area (Å²) in [6.07, 6.45) is 0.658. The van der Waals surface area contributed by atoms with Crippen LogP contribution < -0.4 is 0 Å². The monoisotopic (exact) mass is 363 g/mol. The van der Waals surface area contributed by atoms with Crippen molar-refractivity contribution < 1.29 is 14.7 Å². The highest BCUT2D eigenvalue weighted by atomic mass is 16.3. The molecule has 0 aromatic heterocycles. The Morgan fingerprint density at radius 1 is 1.07 bits per heavy atom. The van der Waals surface area contributed by atoms with Gasteiger partial charge in [0, 0.05) is 6.54 Å². The summed E-state index contributed by atoms with van der Waals surface area (Å²) in [6, 6.07) is 17.3. The molecule has 0 saturated heterocycles. The number of hydrogen-bond acceptors (Lipinski definition) is 3. The van der Waals surface area contributed by atoms with Gasteiger partial charge < -0.3 is 10.0 Å². The van der Waals surface area contributed by atoms with E-state index in [-0.39, 0.29) is 11.4 Å². The molecule has 1 amide bonds. The first-order valence-electron chi connectivity index (χ1n) is 9.29. The van der Waals surface area contributed by atoms with Crippen molar-refractivity contribution in [3.8, 4) is 0 Å². The lowest BCUT2D eigenvalue weighted by Crippen LogP contribution is -2.32. The molecule has 0 fully saturated rings. The number of nitrogens with zero attached hydrogens (tertiary/aromatic N) is 1. The quantitative estimate of drug-likeness (QED) is 0.831. The Labute approximate surface area is 160 Å². The number of benzene rings is 2. The zero-order chi connectivity index (χ0) is 19.6. The van der Waals surface area contributed by atoms with Crippen LogP contribution in [0.4, 0.5) is 0 Å². The average Bonchev–Trinajstić information content (AvgIpc) is 2.92. The second-order valence-corrected chi connectivity index (χ2v) is 7.28. The molecule has 1 aliphatic rings. The fraction of sp³-hybridized carbons (Fsp3) is 0.304. The number of aliphatic hydroxyl groups excluding tert-OH is 1. The number of hydrogen-bond donors (Lipinski definition) is 1. The lowest BCUT2D eigenvalue weighted by molar-refractivity contribution is -0.129. The Balaban J connectivity index is 1.93. The third-order valence-corrected chi connectivity index (χ3v) is 5.09. The molecular weight excluding hydrogens is 338 g/mol. The predicted molar refractivity (Wildman–Crippen MR) is 105 cm³/mol. The van der Waals surface area contributed by atoms with Crippen molar-refractivity contribution >= 4 is 11.7 Å². The summed E-state index contributed by atoms with van der Waals surface area (Å²) in [6.45, 7) is 6.06. The van der Waals surface area contributed by atoms with Crippen molar-refractivity contribution in [2.75, 3.05) is 6.54 Å². The molecule has 0 aliphatic carbocycles. The van der Waals surface area contributed by atoms with E-state index in [0.717, 1.165) is 11.1 Å².